The number of halogens is 2. The Balaban J connectivity index is 2.02. The zero-order valence-corrected chi connectivity index (χ0v) is 9.04. The Kier molecular flexibility index (Phi) is 2.80. The van der Waals surface area contributed by atoms with Gasteiger partial charge in [-0.25, -0.2) is 9.37 Å². The van der Waals surface area contributed by atoms with Crippen molar-refractivity contribution in [1.82, 2.24) is 9.88 Å². The number of hydrogen-bond acceptors (Lipinski definition) is 3. The first kappa shape index (κ1) is 10.0. The molecule has 0 aliphatic carbocycles. The minimum Gasteiger partial charge on any atom is -0.390 e. The van der Waals surface area contributed by atoms with Gasteiger partial charge in [0.15, 0.2) is 0 Å². The lowest BCUT2D eigenvalue weighted by Gasteiger charge is -2.35. The Morgan fingerprint density at radius 3 is 2.93 bits per heavy atom. The molecule has 1 aromatic rings. The van der Waals surface area contributed by atoms with E-state index in [-0.39, 0.29) is 11.9 Å². The summed E-state index contributed by atoms with van der Waals surface area (Å²) in [6.45, 7) is 1.76. The summed E-state index contributed by atoms with van der Waals surface area (Å²) in [4.78, 5) is 5.93. The number of hydrogen-bond donors (Lipinski definition) is 1. The van der Waals surface area contributed by atoms with E-state index in [0.717, 1.165) is 0 Å². The summed E-state index contributed by atoms with van der Waals surface area (Å²) in [6.07, 6.45) is 1.27. The van der Waals surface area contributed by atoms with Gasteiger partial charge in [-0.15, -0.1) is 0 Å². The molecule has 1 aliphatic rings. The molecule has 1 N–H and O–H groups in total. The molecule has 14 heavy (non-hydrogen) atoms. The van der Waals surface area contributed by atoms with Crippen molar-refractivity contribution in [3.8, 4) is 0 Å². The van der Waals surface area contributed by atoms with Crippen LogP contribution >= 0.6 is 15.9 Å². The van der Waals surface area contributed by atoms with Crippen LogP contribution in [0, 0.1) is 5.82 Å². The zero-order valence-electron chi connectivity index (χ0n) is 7.45. The number of aromatic nitrogens is 1. The van der Waals surface area contributed by atoms with Gasteiger partial charge in [0.1, 0.15) is 10.4 Å². The van der Waals surface area contributed by atoms with Crippen molar-refractivity contribution in [2.24, 2.45) is 0 Å². The van der Waals surface area contributed by atoms with Crippen LogP contribution in [0.1, 0.15) is 5.56 Å². The van der Waals surface area contributed by atoms with Crippen LogP contribution in [0.4, 0.5) is 4.39 Å². The molecule has 76 valence electrons. The van der Waals surface area contributed by atoms with E-state index in [2.05, 4.69) is 20.9 Å². The second kappa shape index (κ2) is 3.92. The number of pyridine rings is 1. The molecular weight excluding hydrogens is 251 g/mol. The van der Waals surface area contributed by atoms with E-state index in [1.165, 1.54) is 12.3 Å². The Morgan fingerprint density at radius 2 is 2.36 bits per heavy atom. The van der Waals surface area contributed by atoms with Gasteiger partial charge in [0.25, 0.3) is 0 Å². The normalized spacial score (nSPS) is 18.2. The largest absolute Gasteiger partial charge is 0.390 e. The van der Waals surface area contributed by atoms with Gasteiger partial charge in [0, 0.05) is 37.5 Å². The van der Waals surface area contributed by atoms with Gasteiger partial charge in [-0.3, -0.25) is 4.90 Å². The van der Waals surface area contributed by atoms with E-state index in [1.807, 2.05) is 4.90 Å². The molecule has 1 saturated heterocycles. The molecule has 0 radical (unpaired) electrons. The Labute approximate surface area is 89.7 Å². The van der Waals surface area contributed by atoms with E-state index >= 15 is 0 Å². The third-order valence-electron chi connectivity index (χ3n) is 2.23. The van der Waals surface area contributed by atoms with Crippen molar-refractivity contribution >= 4 is 15.9 Å². The van der Waals surface area contributed by atoms with E-state index in [0.29, 0.717) is 29.8 Å². The summed E-state index contributed by atoms with van der Waals surface area (Å²) in [5.41, 5.74) is 0.570. The molecule has 0 spiro atoms. The number of aliphatic hydroxyl groups is 1. The molecule has 0 amide bonds. The SMILES string of the molecule is OC1CN(Cc2cnc(Br)cc2F)C1. The molecule has 0 bridgehead atoms. The third kappa shape index (κ3) is 2.10. The predicted molar refractivity (Wildman–Crippen MR) is 53.2 cm³/mol. The van der Waals surface area contributed by atoms with Gasteiger partial charge >= 0.3 is 0 Å². The Bertz CT molecular complexity index is 342. The second-order valence-electron chi connectivity index (χ2n) is 3.45. The molecule has 0 atom stereocenters. The quantitative estimate of drug-likeness (QED) is 0.811. The van der Waals surface area contributed by atoms with Crippen molar-refractivity contribution in [3.63, 3.8) is 0 Å². The first-order valence-electron chi connectivity index (χ1n) is 4.35. The van der Waals surface area contributed by atoms with Crippen LogP contribution in [0.5, 0.6) is 0 Å². The number of nitrogens with zero attached hydrogens (tertiary/aromatic N) is 2. The first-order chi connectivity index (χ1) is 6.65. The van der Waals surface area contributed by atoms with Crippen LogP contribution in [-0.2, 0) is 6.54 Å². The van der Waals surface area contributed by atoms with E-state index < -0.39 is 0 Å². The molecule has 2 rings (SSSR count). The fourth-order valence-electron chi connectivity index (χ4n) is 1.46. The topological polar surface area (TPSA) is 36.4 Å². The zero-order chi connectivity index (χ0) is 10.1. The second-order valence-corrected chi connectivity index (χ2v) is 4.26. The van der Waals surface area contributed by atoms with Crippen molar-refractivity contribution in [3.05, 3.63) is 28.2 Å². The minimum absolute atomic E-state index is 0.249. The first-order valence-corrected chi connectivity index (χ1v) is 5.15. The van der Waals surface area contributed by atoms with Gasteiger partial charge in [-0.2, -0.15) is 0 Å². The van der Waals surface area contributed by atoms with Crippen LogP contribution in [-0.4, -0.2) is 34.2 Å². The van der Waals surface area contributed by atoms with Crippen LogP contribution in [0.15, 0.2) is 16.9 Å². The average Bonchev–Trinajstić information content (AvgIpc) is 2.06. The highest BCUT2D eigenvalue weighted by Gasteiger charge is 2.24. The molecule has 2 heterocycles. The lowest BCUT2D eigenvalue weighted by atomic mass is 10.1. The predicted octanol–water partition coefficient (Wildman–Crippen LogP) is 1.16. The molecule has 0 unspecified atom stereocenters. The summed E-state index contributed by atoms with van der Waals surface area (Å²) in [5.74, 6) is -0.256. The highest BCUT2D eigenvalue weighted by atomic mass is 79.9. The number of likely N-dealkylation sites (tertiary alicyclic amines) is 1. The van der Waals surface area contributed by atoms with Crippen LogP contribution in [0.3, 0.4) is 0 Å². The van der Waals surface area contributed by atoms with Gasteiger partial charge in [0.05, 0.1) is 6.10 Å². The van der Waals surface area contributed by atoms with Crippen LogP contribution < -0.4 is 0 Å². The maximum Gasteiger partial charge on any atom is 0.131 e. The maximum absolute atomic E-state index is 13.3. The lowest BCUT2D eigenvalue weighted by molar-refractivity contribution is -0.00348. The molecule has 1 aromatic heterocycles. The fourth-order valence-corrected chi connectivity index (χ4v) is 1.77. The van der Waals surface area contributed by atoms with E-state index in [9.17, 15) is 4.39 Å². The van der Waals surface area contributed by atoms with Gasteiger partial charge in [-0.1, -0.05) is 0 Å². The van der Waals surface area contributed by atoms with Crippen molar-refractivity contribution in [1.29, 1.82) is 0 Å². The summed E-state index contributed by atoms with van der Waals surface area (Å²) >= 11 is 3.10. The molecule has 5 heteroatoms. The number of aliphatic hydroxyl groups excluding tert-OH is 1. The van der Waals surface area contributed by atoms with Crippen LogP contribution in [0.25, 0.3) is 0 Å². The van der Waals surface area contributed by atoms with Gasteiger partial charge in [0.2, 0.25) is 0 Å². The molecule has 1 fully saturated rings. The molecule has 0 aromatic carbocycles. The van der Waals surface area contributed by atoms with Crippen molar-refractivity contribution in [2.45, 2.75) is 12.6 Å². The number of β-amino-alcohol motifs (C(OH)–C–C–N with tert-alkyl or cyclic N) is 1. The number of rotatable bonds is 2. The monoisotopic (exact) mass is 260 g/mol. The lowest BCUT2D eigenvalue weighted by Crippen LogP contribution is -2.49. The molecule has 1 aliphatic heterocycles. The summed E-state index contributed by atoms with van der Waals surface area (Å²) in [5, 5.41) is 9.05. The molecular formula is C9H10BrFN2O. The van der Waals surface area contributed by atoms with Crippen molar-refractivity contribution in [2.75, 3.05) is 13.1 Å². The van der Waals surface area contributed by atoms with Gasteiger partial charge in [-0.05, 0) is 15.9 Å². The Hall–Kier alpha value is -0.520. The van der Waals surface area contributed by atoms with Crippen LogP contribution in [0.2, 0.25) is 0 Å². The minimum atomic E-state index is -0.256. The highest BCUT2D eigenvalue weighted by Crippen LogP contribution is 2.17. The smallest absolute Gasteiger partial charge is 0.131 e. The van der Waals surface area contributed by atoms with E-state index in [4.69, 9.17) is 5.11 Å². The van der Waals surface area contributed by atoms with E-state index in [1.54, 1.807) is 0 Å². The fraction of sp³-hybridized carbons (Fsp3) is 0.444. The summed E-state index contributed by atoms with van der Waals surface area (Å²) in [7, 11) is 0. The third-order valence-corrected chi connectivity index (χ3v) is 2.66. The Morgan fingerprint density at radius 1 is 1.64 bits per heavy atom. The average molecular weight is 261 g/mol. The standard InChI is InChI=1S/C9H10BrFN2O/c10-9-1-8(11)6(2-12-9)3-13-4-7(14)5-13/h1-2,7,14H,3-5H2. The highest BCUT2D eigenvalue weighted by molar-refractivity contribution is 9.10. The van der Waals surface area contributed by atoms with Gasteiger partial charge < -0.3 is 5.11 Å². The summed E-state index contributed by atoms with van der Waals surface area (Å²) in [6, 6.07) is 1.35. The maximum atomic E-state index is 13.3. The van der Waals surface area contributed by atoms with Crippen molar-refractivity contribution < 1.29 is 9.50 Å². The summed E-state index contributed by atoms with van der Waals surface area (Å²) < 4.78 is 13.8. The molecule has 0 saturated carbocycles. The molecule has 3 nitrogen and oxygen atoms in total.